The van der Waals surface area contributed by atoms with Gasteiger partial charge in [-0.15, -0.1) is 11.6 Å². The highest BCUT2D eigenvalue weighted by molar-refractivity contribution is 9.10. The van der Waals surface area contributed by atoms with E-state index < -0.39 is 0 Å². The number of rotatable bonds is 3. The first-order chi connectivity index (χ1) is 8.60. The summed E-state index contributed by atoms with van der Waals surface area (Å²) in [7, 11) is 0. The van der Waals surface area contributed by atoms with Crippen LogP contribution >= 0.6 is 50.7 Å². The minimum absolute atomic E-state index is 0.379. The van der Waals surface area contributed by atoms with Gasteiger partial charge in [0.25, 0.3) is 0 Å². The van der Waals surface area contributed by atoms with Crippen molar-refractivity contribution in [1.82, 2.24) is 0 Å². The number of hydrogen-bond donors (Lipinski definition) is 0. The van der Waals surface area contributed by atoms with Gasteiger partial charge in [-0.2, -0.15) is 0 Å². The fraction of sp³-hybridized carbons (Fsp3) is 0.0769. The van der Waals surface area contributed by atoms with Crippen molar-refractivity contribution in [3.8, 4) is 11.5 Å². The Labute approximate surface area is 129 Å². The molecular formula is C13H8BrCl3O. The van der Waals surface area contributed by atoms with Crippen LogP contribution in [0.2, 0.25) is 10.0 Å². The van der Waals surface area contributed by atoms with Crippen molar-refractivity contribution in [2.75, 3.05) is 0 Å². The molecule has 0 atom stereocenters. The van der Waals surface area contributed by atoms with Crippen molar-refractivity contribution >= 4 is 50.7 Å². The van der Waals surface area contributed by atoms with Crippen LogP contribution in [0.5, 0.6) is 11.5 Å². The second-order valence-corrected chi connectivity index (χ2v) is 5.53. The Morgan fingerprint density at radius 3 is 2.44 bits per heavy atom. The fourth-order valence-corrected chi connectivity index (χ4v) is 2.69. The third-order valence-electron chi connectivity index (χ3n) is 2.29. The average molecular weight is 366 g/mol. The summed E-state index contributed by atoms with van der Waals surface area (Å²) in [6, 6.07) is 10.7. The summed E-state index contributed by atoms with van der Waals surface area (Å²) >= 11 is 21.1. The first kappa shape index (κ1) is 14.0. The van der Waals surface area contributed by atoms with Crippen LogP contribution < -0.4 is 4.74 Å². The quantitative estimate of drug-likeness (QED) is 0.580. The van der Waals surface area contributed by atoms with Gasteiger partial charge in [-0.1, -0.05) is 29.3 Å². The number of alkyl halides is 1. The standard InChI is InChI=1S/C13H8BrCl3O/c14-11-5-9(16)2-4-13(11)18-10-3-1-8(7-15)12(17)6-10/h1-6H,7H2. The maximum atomic E-state index is 6.06. The van der Waals surface area contributed by atoms with E-state index in [9.17, 15) is 0 Å². The van der Waals surface area contributed by atoms with Gasteiger partial charge in [0, 0.05) is 15.9 Å². The van der Waals surface area contributed by atoms with E-state index in [4.69, 9.17) is 39.5 Å². The van der Waals surface area contributed by atoms with Gasteiger partial charge in [-0.05, 0) is 51.8 Å². The van der Waals surface area contributed by atoms with Crippen molar-refractivity contribution in [2.45, 2.75) is 5.88 Å². The maximum Gasteiger partial charge on any atom is 0.141 e. The predicted molar refractivity (Wildman–Crippen MR) is 80.2 cm³/mol. The zero-order chi connectivity index (χ0) is 13.1. The highest BCUT2D eigenvalue weighted by Crippen LogP contribution is 2.33. The Morgan fingerprint density at radius 1 is 1.06 bits per heavy atom. The van der Waals surface area contributed by atoms with Crippen molar-refractivity contribution < 1.29 is 4.74 Å². The Balaban J connectivity index is 2.26. The molecule has 1 nitrogen and oxygen atoms in total. The summed E-state index contributed by atoms with van der Waals surface area (Å²) in [6.45, 7) is 0. The monoisotopic (exact) mass is 364 g/mol. The molecule has 94 valence electrons. The Kier molecular flexibility index (Phi) is 4.79. The summed E-state index contributed by atoms with van der Waals surface area (Å²) in [5, 5.41) is 1.23. The molecule has 0 saturated carbocycles. The molecule has 0 fully saturated rings. The van der Waals surface area contributed by atoms with Crippen LogP contribution in [0, 0.1) is 0 Å². The number of hydrogen-bond acceptors (Lipinski definition) is 1. The Bertz CT molecular complexity index is 572. The first-order valence-electron chi connectivity index (χ1n) is 5.07. The van der Waals surface area contributed by atoms with Crippen LogP contribution in [-0.2, 0) is 5.88 Å². The van der Waals surface area contributed by atoms with Gasteiger partial charge >= 0.3 is 0 Å². The van der Waals surface area contributed by atoms with Crippen LogP contribution in [-0.4, -0.2) is 0 Å². The second kappa shape index (κ2) is 6.16. The molecule has 0 radical (unpaired) electrons. The Morgan fingerprint density at radius 2 is 1.83 bits per heavy atom. The van der Waals surface area contributed by atoms with E-state index in [0.29, 0.717) is 27.4 Å². The predicted octanol–water partition coefficient (Wildman–Crippen LogP) is 6.29. The van der Waals surface area contributed by atoms with E-state index in [1.54, 1.807) is 24.3 Å². The lowest BCUT2D eigenvalue weighted by Crippen LogP contribution is -1.87. The largest absolute Gasteiger partial charge is 0.456 e. The van der Waals surface area contributed by atoms with Gasteiger partial charge in [0.1, 0.15) is 11.5 Å². The molecule has 2 aromatic carbocycles. The van der Waals surface area contributed by atoms with E-state index in [-0.39, 0.29) is 0 Å². The molecule has 0 N–H and O–H groups in total. The lowest BCUT2D eigenvalue weighted by Gasteiger charge is -2.09. The molecule has 0 aromatic heterocycles. The molecule has 0 aliphatic rings. The van der Waals surface area contributed by atoms with Gasteiger partial charge in [-0.3, -0.25) is 0 Å². The SMILES string of the molecule is ClCc1ccc(Oc2ccc(Cl)cc2Br)cc1Cl. The third kappa shape index (κ3) is 3.33. The van der Waals surface area contributed by atoms with E-state index >= 15 is 0 Å². The zero-order valence-electron chi connectivity index (χ0n) is 9.09. The van der Waals surface area contributed by atoms with Crippen LogP contribution in [0.1, 0.15) is 5.56 Å². The van der Waals surface area contributed by atoms with Crippen LogP contribution in [0.4, 0.5) is 0 Å². The van der Waals surface area contributed by atoms with E-state index in [2.05, 4.69) is 15.9 Å². The van der Waals surface area contributed by atoms with E-state index in [1.165, 1.54) is 0 Å². The number of halogens is 4. The molecular weight excluding hydrogens is 358 g/mol. The highest BCUT2D eigenvalue weighted by atomic mass is 79.9. The van der Waals surface area contributed by atoms with Crippen LogP contribution in [0.15, 0.2) is 40.9 Å². The van der Waals surface area contributed by atoms with Crippen LogP contribution in [0.25, 0.3) is 0 Å². The van der Waals surface area contributed by atoms with Gasteiger partial charge in [0.2, 0.25) is 0 Å². The van der Waals surface area contributed by atoms with Crippen molar-refractivity contribution in [3.05, 3.63) is 56.5 Å². The van der Waals surface area contributed by atoms with E-state index in [1.807, 2.05) is 12.1 Å². The smallest absolute Gasteiger partial charge is 0.141 e. The molecule has 5 heteroatoms. The summed E-state index contributed by atoms with van der Waals surface area (Å²) in [4.78, 5) is 0. The van der Waals surface area contributed by atoms with E-state index in [0.717, 1.165) is 10.0 Å². The number of ether oxygens (including phenoxy) is 1. The highest BCUT2D eigenvalue weighted by Gasteiger charge is 2.06. The molecule has 0 saturated heterocycles. The molecule has 0 aliphatic heterocycles. The molecule has 0 spiro atoms. The minimum atomic E-state index is 0.379. The summed E-state index contributed by atoms with van der Waals surface area (Å²) in [5.74, 6) is 1.70. The maximum absolute atomic E-state index is 6.06. The lowest BCUT2D eigenvalue weighted by molar-refractivity contribution is 0.479. The molecule has 0 bridgehead atoms. The van der Waals surface area contributed by atoms with Crippen molar-refractivity contribution in [1.29, 1.82) is 0 Å². The van der Waals surface area contributed by atoms with Crippen LogP contribution in [0.3, 0.4) is 0 Å². The topological polar surface area (TPSA) is 9.23 Å². The zero-order valence-corrected chi connectivity index (χ0v) is 12.9. The fourth-order valence-electron chi connectivity index (χ4n) is 1.38. The molecule has 2 aromatic rings. The molecule has 0 unspecified atom stereocenters. The molecule has 0 aliphatic carbocycles. The molecule has 0 heterocycles. The average Bonchev–Trinajstić information content (AvgIpc) is 2.33. The van der Waals surface area contributed by atoms with Crippen molar-refractivity contribution in [2.24, 2.45) is 0 Å². The summed E-state index contributed by atoms with van der Waals surface area (Å²) in [6.07, 6.45) is 0. The van der Waals surface area contributed by atoms with Gasteiger partial charge < -0.3 is 4.74 Å². The normalized spacial score (nSPS) is 10.4. The lowest BCUT2D eigenvalue weighted by atomic mass is 10.2. The van der Waals surface area contributed by atoms with Gasteiger partial charge in [0.15, 0.2) is 0 Å². The molecule has 2 rings (SSSR count). The van der Waals surface area contributed by atoms with Gasteiger partial charge in [0.05, 0.1) is 4.47 Å². The minimum Gasteiger partial charge on any atom is -0.456 e. The summed E-state index contributed by atoms with van der Waals surface area (Å²) < 4.78 is 6.50. The summed E-state index contributed by atoms with van der Waals surface area (Å²) in [5.41, 5.74) is 0.876. The molecule has 0 amide bonds. The second-order valence-electron chi connectivity index (χ2n) is 3.56. The van der Waals surface area contributed by atoms with Crippen molar-refractivity contribution in [3.63, 3.8) is 0 Å². The molecule has 18 heavy (non-hydrogen) atoms. The first-order valence-corrected chi connectivity index (χ1v) is 7.16. The van der Waals surface area contributed by atoms with Gasteiger partial charge in [-0.25, -0.2) is 0 Å². The number of benzene rings is 2. The third-order valence-corrected chi connectivity index (χ3v) is 3.78. The Hall–Kier alpha value is -0.410.